The first-order valence-electron chi connectivity index (χ1n) is 5.88. The lowest BCUT2D eigenvalue weighted by molar-refractivity contribution is 0.0912. The van der Waals surface area contributed by atoms with Crippen molar-refractivity contribution in [3.8, 4) is 0 Å². The van der Waals surface area contributed by atoms with Crippen molar-refractivity contribution in [3.05, 3.63) is 21.9 Å². The van der Waals surface area contributed by atoms with Gasteiger partial charge in [0, 0.05) is 10.8 Å². The summed E-state index contributed by atoms with van der Waals surface area (Å²) in [6, 6.07) is 4.04. The molecule has 1 aromatic heterocycles. The minimum Gasteiger partial charge on any atom is -0.293 e. The second-order valence-corrected chi connectivity index (χ2v) is 5.75. The highest BCUT2D eigenvalue weighted by Gasteiger charge is 2.22. The van der Waals surface area contributed by atoms with E-state index in [1.807, 2.05) is 6.07 Å². The Morgan fingerprint density at radius 1 is 1.20 bits per heavy atom. The minimum atomic E-state index is 0.311. The number of carbonyl (C=O) groups excluding carboxylic acids is 1. The second-order valence-electron chi connectivity index (χ2n) is 4.46. The molecule has 1 saturated carbocycles. The molecule has 1 aliphatic carbocycles. The maximum Gasteiger partial charge on any atom is 0.175 e. The monoisotopic (exact) mass is 222 g/mol. The van der Waals surface area contributed by atoms with E-state index in [9.17, 15) is 4.79 Å². The number of hydrogen-bond donors (Lipinski definition) is 0. The molecule has 1 aliphatic rings. The summed E-state index contributed by atoms with van der Waals surface area (Å²) in [5.41, 5.74) is 0. The fourth-order valence-corrected chi connectivity index (χ4v) is 3.20. The van der Waals surface area contributed by atoms with Crippen LogP contribution in [-0.2, 0) is 0 Å². The van der Waals surface area contributed by atoms with Gasteiger partial charge in [-0.2, -0.15) is 0 Å². The van der Waals surface area contributed by atoms with Crippen LogP contribution in [0.4, 0.5) is 0 Å². The lowest BCUT2D eigenvalue weighted by atomic mass is 9.95. The summed E-state index contributed by atoms with van der Waals surface area (Å²) >= 11 is 1.65. The van der Waals surface area contributed by atoms with Gasteiger partial charge in [-0.25, -0.2) is 0 Å². The molecule has 1 heterocycles. The maximum atomic E-state index is 12.2. The molecule has 0 atom stereocenters. The molecule has 0 bridgehead atoms. The topological polar surface area (TPSA) is 17.1 Å². The fourth-order valence-electron chi connectivity index (χ4n) is 2.31. The van der Waals surface area contributed by atoms with Gasteiger partial charge in [0.15, 0.2) is 5.78 Å². The summed E-state index contributed by atoms with van der Waals surface area (Å²) in [4.78, 5) is 14.4. The van der Waals surface area contributed by atoms with Gasteiger partial charge >= 0.3 is 0 Å². The van der Waals surface area contributed by atoms with Gasteiger partial charge in [0.2, 0.25) is 0 Å². The van der Waals surface area contributed by atoms with Crippen LogP contribution in [0, 0.1) is 12.8 Å². The average Bonchev–Trinajstić information content (AvgIpc) is 2.53. The summed E-state index contributed by atoms with van der Waals surface area (Å²) in [7, 11) is 0. The molecule has 2 heteroatoms. The molecular formula is C13H18OS. The molecule has 0 spiro atoms. The third kappa shape index (κ3) is 2.69. The number of aryl methyl sites for hydroxylation is 1. The number of Topliss-reactive ketones (excluding diaryl/α,β-unsaturated/α-hetero) is 1. The van der Waals surface area contributed by atoms with Crippen LogP contribution in [-0.4, -0.2) is 5.78 Å². The lowest BCUT2D eigenvalue weighted by Gasteiger charge is -2.10. The fraction of sp³-hybridized carbons (Fsp3) is 0.615. The highest BCUT2D eigenvalue weighted by atomic mass is 32.1. The molecule has 1 nitrogen and oxygen atoms in total. The summed E-state index contributed by atoms with van der Waals surface area (Å²) in [6.07, 6.45) is 7.31. The Balaban J connectivity index is 2.06. The van der Waals surface area contributed by atoms with E-state index in [0.717, 1.165) is 17.7 Å². The zero-order chi connectivity index (χ0) is 10.7. The van der Waals surface area contributed by atoms with Crippen LogP contribution in [0.5, 0.6) is 0 Å². The Kier molecular flexibility index (Phi) is 3.57. The van der Waals surface area contributed by atoms with Crippen LogP contribution in [0.3, 0.4) is 0 Å². The van der Waals surface area contributed by atoms with Crippen molar-refractivity contribution in [1.29, 1.82) is 0 Å². The Hall–Kier alpha value is -0.630. The van der Waals surface area contributed by atoms with Crippen LogP contribution >= 0.6 is 11.3 Å². The predicted molar refractivity (Wildman–Crippen MR) is 64.6 cm³/mol. The molecule has 0 saturated heterocycles. The molecule has 0 aliphatic heterocycles. The molecule has 0 radical (unpaired) electrons. The standard InChI is InChI=1S/C13H18OS/c1-10-8-9-12(15-10)13(14)11-6-4-2-3-5-7-11/h8-9,11H,2-7H2,1H3. The van der Waals surface area contributed by atoms with Gasteiger partial charge in [0.25, 0.3) is 0 Å². The van der Waals surface area contributed by atoms with Crippen molar-refractivity contribution >= 4 is 17.1 Å². The first-order chi connectivity index (χ1) is 7.27. The van der Waals surface area contributed by atoms with E-state index in [-0.39, 0.29) is 0 Å². The largest absolute Gasteiger partial charge is 0.293 e. The number of carbonyl (C=O) groups is 1. The van der Waals surface area contributed by atoms with Crippen molar-refractivity contribution in [2.24, 2.45) is 5.92 Å². The summed E-state index contributed by atoms with van der Waals surface area (Å²) in [5.74, 6) is 0.709. The average molecular weight is 222 g/mol. The normalized spacial score (nSPS) is 18.7. The van der Waals surface area contributed by atoms with E-state index in [1.54, 1.807) is 11.3 Å². The molecule has 1 aromatic rings. The second kappa shape index (κ2) is 4.93. The van der Waals surface area contributed by atoms with Crippen molar-refractivity contribution in [2.45, 2.75) is 45.4 Å². The molecule has 15 heavy (non-hydrogen) atoms. The SMILES string of the molecule is Cc1ccc(C(=O)C2CCCCCC2)s1. The van der Waals surface area contributed by atoms with E-state index in [2.05, 4.69) is 13.0 Å². The number of ketones is 1. The van der Waals surface area contributed by atoms with E-state index in [4.69, 9.17) is 0 Å². The van der Waals surface area contributed by atoms with Crippen LogP contribution in [0.15, 0.2) is 12.1 Å². The Labute approximate surface area is 95.5 Å². The zero-order valence-electron chi connectivity index (χ0n) is 9.29. The van der Waals surface area contributed by atoms with Gasteiger partial charge in [-0.05, 0) is 31.9 Å². The summed E-state index contributed by atoms with van der Waals surface area (Å²) in [6.45, 7) is 2.06. The number of rotatable bonds is 2. The maximum absolute atomic E-state index is 12.2. The highest BCUT2D eigenvalue weighted by Crippen LogP contribution is 2.28. The highest BCUT2D eigenvalue weighted by molar-refractivity contribution is 7.14. The molecule has 1 fully saturated rings. The third-order valence-corrected chi connectivity index (χ3v) is 4.22. The van der Waals surface area contributed by atoms with Gasteiger partial charge in [-0.3, -0.25) is 4.79 Å². The lowest BCUT2D eigenvalue weighted by Crippen LogP contribution is -2.12. The zero-order valence-corrected chi connectivity index (χ0v) is 10.1. The molecule has 0 aromatic carbocycles. The quantitative estimate of drug-likeness (QED) is 0.541. The van der Waals surface area contributed by atoms with Crippen molar-refractivity contribution in [3.63, 3.8) is 0 Å². The number of hydrogen-bond acceptors (Lipinski definition) is 2. The van der Waals surface area contributed by atoms with Gasteiger partial charge in [0.1, 0.15) is 0 Å². The molecular weight excluding hydrogens is 204 g/mol. The van der Waals surface area contributed by atoms with E-state index in [1.165, 1.54) is 30.6 Å². The predicted octanol–water partition coefficient (Wildman–Crippen LogP) is 4.21. The molecule has 0 unspecified atom stereocenters. The summed E-state index contributed by atoms with van der Waals surface area (Å²) < 4.78 is 0. The summed E-state index contributed by atoms with van der Waals surface area (Å²) in [5, 5.41) is 0. The molecule has 0 amide bonds. The Bertz CT molecular complexity index is 332. The van der Waals surface area contributed by atoms with Crippen LogP contribution in [0.1, 0.15) is 53.1 Å². The van der Waals surface area contributed by atoms with Gasteiger partial charge in [0.05, 0.1) is 4.88 Å². The van der Waals surface area contributed by atoms with Crippen molar-refractivity contribution < 1.29 is 4.79 Å². The first kappa shape index (κ1) is 10.9. The Morgan fingerprint density at radius 2 is 1.87 bits per heavy atom. The van der Waals surface area contributed by atoms with Gasteiger partial charge < -0.3 is 0 Å². The molecule has 82 valence electrons. The van der Waals surface area contributed by atoms with Crippen LogP contribution in [0.2, 0.25) is 0 Å². The number of thiophene rings is 1. The Morgan fingerprint density at radius 3 is 2.40 bits per heavy atom. The third-order valence-electron chi connectivity index (χ3n) is 3.21. The molecule has 0 N–H and O–H groups in total. The van der Waals surface area contributed by atoms with E-state index >= 15 is 0 Å². The van der Waals surface area contributed by atoms with E-state index in [0.29, 0.717) is 11.7 Å². The molecule has 2 rings (SSSR count). The van der Waals surface area contributed by atoms with Crippen LogP contribution < -0.4 is 0 Å². The van der Waals surface area contributed by atoms with Gasteiger partial charge in [-0.1, -0.05) is 25.7 Å². The van der Waals surface area contributed by atoms with Gasteiger partial charge in [-0.15, -0.1) is 11.3 Å². The first-order valence-corrected chi connectivity index (χ1v) is 6.69. The van der Waals surface area contributed by atoms with Crippen molar-refractivity contribution in [2.75, 3.05) is 0 Å². The van der Waals surface area contributed by atoms with Crippen LogP contribution in [0.25, 0.3) is 0 Å². The minimum absolute atomic E-state index is 0.311. The van der Waals surface area contributed by atoms with E-state index < -0.39 is 0 Å². The van der Waals surface area contributed by atoms with Crippen molar-refractivity contribution in [1.82, 2.24) is 0 Å². The smallest absolute Gasteiger partial charge is 0.175 e.